The molecule has 0 aliphatic carbocycles. The van der Waals surface area contributed by atoms with Crippen LogP contribution in [0.3, 0.4) is 0 Å². The molecule has 4 aromatic heterocycles. The van der Waals surface area contributed by atoms with Gasteiger partial charge in [0.05, 0.1) is 31.8 Å². The monoisotopic (exact) mass is 1160 g/mol. The van der Waals surface area contributed by atoms with Crippen molar-refractivity contribution in [1.29, 1.82) is 0 Å². The Labute approximate surface area is 489 Å². The van der Waals surface area contributed by atoms with Gasteiger partial charge in [-0.2, -0.15) is 20.5 Å². The summed E-state index contributed by atoms with van der Waals surface area (Å²) < 4.78 is 6.09. The van der Waals surface area contributed by atoms with Crippen LogP contribution in [0.2, 0.25) is 0 Å². The normalized spacial score (nSPS) is 13.2. The van der Waals surface area contributed by atoms with E-state index in [0.29, 0.717) is 48.2 Å². The average molecular weight is 1160 g/mol. The summed E-state index contributed by atoms with van der Waals surface area (Å²) in [6.07, 6.45) is 21.3. The molecule has 0 spiro atoms. The molecule has 430 valence electrons. The second-order valence-electron chi connectivity index (χ2n) is 19.9. The van der Waals surface area contributed by atoms with Gasteiger partial charge < -0.3 is 36.2 Å². The number of nitrogens with one attached hydrogen (secondary N) is 4. The number of rotatable bonds is 26. The highest BCUT2D eigenvalue weighted by molar-refractivity contribution is 7.24. The van der Waals surface area contributed by atoms with Crippen molar-refractivity contribution in [3.05, 3.63) is 120 Å². The summed E-state index contributed by atoms with van der Waals surface area (Å²) in [7, 11) is 3.23. The SMILES string of the molecule is C#CCCC1(CCN(CC)CCCNC(=O)c2ccc3c(c2)sc2nc(-c4ccc(C(=O)NC)cc4)cn23)N=N1.C#CCCC1(CCN(CC)CCCNC(=O)c2ccc3c(c2)sc2nc(-c4ccc(C(=O)NC)cc4)cn23)N=N1.O=CO. The van der Waals surface area contributed by atoms with Crippen LogP contribution >= 0.6 is 22.7 Å². The Morgan fingerprint density at radius 3 is 1.29 bits per heavy atom. The predicted molar refractivity (Wildman–Crippen MR) is 326 cm³/mol. The fraction of sp³-hybridized carbons (Fsp3) is 0.361. The Kier molecular flexibility index (Phi) is 20.6. The molecule has 0 unspecified atom stereocenters. The number of fused-ring (bicyclic) bond motifs is 6. The van der Waals surface area contributed by atoms with Crippen molar-refractivity contribution < 1.29 is 29.1 Å². The molecule has 0 fully saturated rings. The van der Waals surface area contributed by atoms with Crippen molar-refractivity contribution in [1.82, 2.24) is 49.8 Å². The van der Waals surface area contributed by atoms with Crippen LogP contribution in [0.5, 0.6) is 0 Å². The topological polar surface area (TPSA) is 244 Å². The van der Waals surface area contributed by atoms with E-state index < -0.39 is 0 Å². The van der Waals surface area contributed by atoms with Crippen LogP contribution in [-0.4, -0.2) is 142 Å². The number of benzene rings is 4. The minimum absolute atomic E-state index is 0.0725. The first-order valence-corrected chi connectivity index (χ1v) is 29.3. The summed E-state index contributed by atoms with van der Waals surface area (Å²) in [5.74, 6) is 4.97. The third kappa shape index (κ3) is 15.5. The van der Waals surface area contributed by atoms with Crippen molar-refractivity contribution in [2.45, 2.75) is 76.5 Å². The lowest BCUT2D eigenvalue weighted by Gasteiger charge is -2.21. The highest BCUT2D eigenvalue weighted by Gasteiger charge is 2.40. The van der Waals surface area contributed by atoms with Crippen LogP contribution in [0.15, 0.2) is 118 Å². The molecule has 4 aromatic carbocycles. The largest absolute Gasteiger partial charge is 0.483 e. The Morgan fingerprint density at radius 1 is 0.578 bits per heavy atom. The molecule has 0 atom stereocenters. The van der Waals surface area contributed by atoms with Gasteiger partial charge in [-0.1, -0.05) is 60.8 Å². The standard InChI is InChI=1S/2C30H33N7O2S.CH2O2/c2*1-4-6-14-30(34-35-30)15-18-36(5-2)17-7-16-32-28(39)23-12-13-25-26(19-23)40-29-33-24(20-37(25)29)21-8-10-22(11-9-21)27(38)31-3;2-1-3/h2*1,8-13,19-20H,5-7,14-18H2,2-3H3,(H,31,38)(H,32,39);1H,(H,2,3). The van der Waals surface area contributed by atoms with Crippen molar-refractivity contribution in [3.8, 4) is 47.2 Å². The molecule has 5 N–H and O–H groups in total. The Bertz CT molecular complexity index is 3480. The zero-order chi connectivity index (χ0) is 58.9. The Hall–Kier alpha value is -8.67. The lowest BCUT2D eigenvalue weighted by molar-refractivity contribution is -0.122. The lowest BCUT2D eigenvalue weighted by Crippen LogP contribution is -2.32. The summed E-state index contributed by atoms with van der Waals surface area (Å²) >= 11 is 3.10. The van der Waals surface area contributed by atoms with E-state index in [4.69, 9.17) is 32.7 Å². The van der Waals surface area contributed by atoms with E-state index >= 15 is 0 Å². The molecular weight excluding hydrogens is 1090 g/mol. The van der Waals surface area contributed by atoms with Gasteiger partial charge in [-0.05, 0) is 99.7 Å². The van der Waals surface area contributed by atoms with Crippen molar-refractivity contribution in [3.63, 3.8) is 0 Å². The summed E-state index contributed by atoms with van der Waals surface area (Å²) in [6.45, 7) is 10.8. The molecule has 10 rings (SSSR count). The van der Waals surface area contributed by atoms with Crippen LogP contribution in [0.1, 0.15) is 107 Å². The smallest absolute Gasteiger partial charge is 0.290 e. The van der Waals surface area contributed by atoms with Gasteiger partial charge in [0, 0.05) is 125 Å². The van der Waals surface area contributed by atoms with Crippen LogP contribution in [0.4, 0.5) is 0 Å². The van der Waals surface area contributed by atoms with Crippen molar-refractivity contribution >= 4 is 83.1 Å². The number of nitrogens with zero attached hydrogens (tertiary/aromatic N) is 10. The number of carboxylic acid groups (broad SMARTS) is 1. The molecule has 22 heteroatoms. The predicted octanol–water partition coefficient (Wildman–Crippen LogP) is 9.67. The third-order valence-electron chi connectivity index (χ3n) is 14.6. The maximum atomic E-state index is 12.8. The van der Waals surface area contributed by atoms with E-state index in [9.17, 15) is 19.2 Å². The molecule has 0 radical (unpaired) electrons. The van der Waals surface area contributed by atoms with E-state index in [2.05, 4.69) is 77.2 Å². The number of terminal acetylenes is 2. The summed E-state index contributed by atoms with van der Waals surface area (Å²) in [5.41, 5.74) is 7.55. The molecule has 2 aliphatic rings. The molecule has 0 bridgehead atoms. The van der Waals surface area contributed by atoms with Gasteiger partial charge in [-0.3, -0.25) is 32.8 Å². The molecule has 4 amide bonds. The number of thiazole rings is 2. The van der Waals surface area contributed by atoms with Gasteiger partial charge in [0.25, 0.3) is 30.1 Å². The van der Waals surface area contributed by atoms with Crippen molar-refractivity contribution in [2.24, 2.45) is 20.5 Å². The molecule has 83 heavy (non-hydrogen) atoms. The molecule has 0 saturated heterocycles. The van der Waals surface area contributed by atoms with Crippen LogP contribution in [-0.2, 0) is 4.79 Å². The lowest BCUT2D eigenvalue weighted by atomic mass is 10.0. The van der Waals surface area contributed by atoms with Gasteiger partial charge in [-0.25, -0.2) is 9.97 Å². The van der Waals surface area contributed by atoms with E-state index in [1.165, 1.54) is 0 Å². The number of hydrogen-bond donors (Lipinski definition) is 5. The molecule has 8 aromatic rings. The van der Waals surface area contributed by atoms with Gasteiger partial charge in [0.1, 0.15) is 0 Å². The van der Waals surface area contributed by atoms with Crippen LogP contribution in [0, 0.1) is 24.7 Å². The van der Waals surface area contributed by atoms with Gasteiger partial charge in [0.15, 0.2) is 21.2 Å². The molecule has 20 nitrogen and oxygen atoms in total. The van der Waals surface area contributed by atoms with Crippen LogP contribution < -0.4 is 21.3 Å². The quantitative estimate of drug-likeness (QED) is 0.0195. The van der Waals surface area contributed by atoms with Gasteiger partial charge in [-0.15, -0.1) is 24.7 Å². The second kappa shape index (κ2) is 28.3. The van der Waals surface area contributed by atoms with Gasteiger partial charge in [0.2, 0.25) is 0 Å². The zero-order valence-corrected chi connectivity index (χ0v) is 48.7. The number of amides is 4. The highest BCUT2D eigenvalue weighted by atomic mass is 32.1. The minimum atomic E-state index is -0.253. The number of carbonyl (C=O) groups is 5. The van der Waals surface area contributed by atoms with E-state index in [1.54, 1.807) is 61.0 Å². The fourth-order valence-electron chi connectivity index (χ4n) is 9.52. The van der Waals surface area contributed by atoms with E-state index in [1.807, 2.05) is 81.9 Å². The summed E-state index contributed by atoms with van der Waals surface area (Å²) in [4.78, 5) is 73.7. The van der Waals surface area contributed by atoms with E-state index in [0.717, 1.165) is 131 Å². The second-order valence-corrected chi connectivity index (χ2v) is 21.9. The molecule has 0 saturated carbocycles. The Morgan fingerprint density at radius 2 is 0.952 bits per heavy atom. The molecule has 2 aliphatic heterocycles. The number of imidazole rings is 2. The minimum Gasteiger partial charge on any atom is -0.483 e. The highest BCUT2D eigenvalue weighted by Crippen LogP contribution is 2.38. The first-order chi connectivity index (χ1) is 40.3. The first-order valence-electron chi connectivity index (χ1n) is 27.6. The first kappa shape index (κ1) is 60.4. The van der Waals surface area contributed by atoms with Crippen LogP contribution in [0.25, 0.3) is 52.9 Å². The molecular formula is C61H68N14O6S2. The number of aromatic nitrogens is 4. The fourth-order valence-corrected chi connectivity index (χ4v) is 11.6. The number of hydrogen-bond acceptors (Lipinski definition) is 15. The van der Waals surface area contributed by atoms with E-state index in [-0.39, 0.29) is 41.4 Å². The maximum absolute atomic E-state index is 12.8. The molecule has 6 heterocycles. The summed E-state index contributed by atoms with van der Waals surface area (Å²) in [6, 6.07) is 26.3. The average Bonchev–Trinajstić information content (AvgIpc) is 4.40. The summed E-state index contributed by atoms with van der Waals surface area (Å²) in [5, 5.41) is 35.1. The maximum Gasteiger partial charge on any atom is 0.290 e. The zero-order valence-electron chi connectivity index (χ0n) is 47.1. The van der Waals surface area contributed by atoms with Gasteiger partial charge >= 0.3 is 0 Å². The van der Waals surface area contributed by atoms with Crippen molar-refractivity contribution in [2.75, 3.05) is 66.5 Å². The Balaban J connectivity index is 0.000000207. The number of carbonyl (C=O) groups excluding carboxylic acids is 4. The third-order valence-corrected chi connectivity index (χ3v) is 16.6.